The lowest BCUT2D eigenvalue weighted by Crippen LogP contribution is -2.20. The molecule has 0 atom stereocenters. The number of carboxylic acid groups (broad SMARTS) is 1. The lowest BCUT2D eigenvalue weighted by Gasteiger charge is -2.27. The number of anilines is 1. The van der Waals surface area contributed by atoms with Gasteiger partial charge in [-0.25, -0.2) is 0 Å². The summed E-state index contributed by atoms with van der Waals surface area (Å²) >= 11 is 0. The predicted octanol–water partition coefficient (Wildman–Crippen LogP) is 3.40. The molecule has 1 aliphatic heterocycles. The van der Waals surface area contributed by atoms with Gasteiger partial charge in [0.15, 0.2) is 0 Å². The molecule has 0 radical (unpaired) electrons. The van der Waals surface area contributed by atoms with Gasteiger partial charge >= 0.3 is 5.97 Å². The van der Waals surface area contributed by atoms with E-state index in [-0.39, 0.29) is 5.92 Å². The summed E-state index contributed by atoms with van der Waals surface area (Å²) in [5, 5.41) is 12.5. The SMILES string of the molecule is O=C(O)C1CCC(c2ccc3c(c2)CCCN3)CC1. The molecule has 2 aliphatic rings. The minimum absolute atomic E-state index is 0.115. The number of carboxylic acids is 1. The molecule has 0 bridgehead atoms. The van der Waals surface area contributed by atoms with E-state index in [2.05, 4.69) is 23.5 Å². The Bertz CT molecular complexity index is 476. The van der Waals surface area contributed by atoms with Crippen molar-refractivity contribution in [2.24, 2.45) is 5.92 Å². The molecule has 0 unspecified atom stereocenters. The largest absolute Gasteiger partial charge is 0.481 e. The topological polar surface area (TPSA) is 49.3 Å². The fourth-order valence-electron chi connectivity index (χ4n) is 3.42. The van der Waals surface area contributed by atoms with Crippen LogP contribution in [0.25, 0.3) is 0 Å². The first-order valence-corrected chi connectivity index (χ1v) is 7.33. The Morgan fingerprint density at radius 3 is 2.74 bits per heavy atom. The van der Waals surface area contributed by atoms with E-state index in [0.29, 0.717) is 5.92 Å². The van der Waals surface area contributed by atoms with Gasteiger partial charge in [-0.2, -0.15) is 0 Å². The van der Waals surface area contributed by atoms with Crippen molar-refractivity contribution in [3.8, 4) is 0 Å². The van der Waals surface area contributed by atoms with Gasteiger partial charge in [0.05, 0.1) is 5.92 Å². The predicted molar refractivity (Wildman–Crippen MR) is 75.6 cm³/mol. The summed E-state index contributed by atoms with van der Waals surface area (Å²) in [6, 6.07) is 6.77. The van der Waals surface area contributed by atoms with Crippen LogP contribution in [0.4, 0.5) is 5.69 Å². The van der Waals surface area contributed by atoms with Gasteiger partial charge < -0.3 is 10.4 Å². The fraction of sp³-hybridized carbons (Fsp3) is 0.562. The second-order valence-corrected chi connectivity index (χ2v) is 5.83. The van der Waals surface area contributed by atoms with Crippen molar-refractivity contribution in [1.82, 2.24) is 0 Å². The Labute approximate surface area is 114 Å². The number of carbonyl (C=O) groups is 1. The van der Waals surface area contributed by atoms with Crippen LogP contribution in [0.15, 0.2) is 18.2 Å². The molecule has 1 aromatic rings. The van der Waals surface area contributed by atoms with Crippen LogP contribution in [0.2, 0.25) is 0 Å². The zero-order chi connectivity index (χ0) is 13.2. The molecule has 2 N–H and O–H groups in total. The highest BCUT2D eigenvalue weighted by Gasteiger charge is 2.27. The van der Waals surface area contributed by atoms with E-state index in [0.717, 1.165) is 32.2 Å². The summed E-state index contributed by atoms with van der Waals surface area (Å²) in [7, 11) is 0. The first kappa shape index (κ1) is 12.5. The first-order chi connectivity index (χ1) is 9.24. The number of rotatable bonds is 2. The van der Waals surface area contributed by atoms with Gasteiger partial charge in [0, 0.05) is 12.2 Å². The Kier molecular flexibility index (Phi) is 3.45. The minimum Gasteiger partial charge on any atom is -0.481 e. The van der Waals surface area contributed by atoms with Crippen LogP contribution in [0.1, 0.15) is 49.1 Å². The Morgan fingerprint density at radius 2 is 2.00 bits per heavy atom. The zero-order valence-electron chi connectivity index (χ0n) is 11.2. The molecule has 0 amide bonds. The molecule has 19 heavy (non-hydrogen) atoms. The smallest absolute Gasteiger partial charge is 0.306 e. The molecule has 1 fully saturated rings. The standard InChI is InChI=1S/C16H21NO2/c18-16(19)12-5-3-11(4-6-12)13-7-8-15-14(10-13)2-1-9-17-15/h7-8,10-12,17H,1-6,9H2,(H,18,19). The maximum Gasteiger partial charge on any atom is 0.306 e. The molecule has 3 heteroatoms. The van der Waals surface area contributed by atoms with Gasteiger partial charge in [0.2, 0.25) is 0 Å². The number of hydrogen-bond acceptors (Lipinski definition) is 2. The van der Waals surface area contributed by atoms with Crippen LogP contribution < -0.4 is 5.32 Å². The molecule has 0 aromatic heterocycles. The molecule has 1 saturated carbocycles. The Balaban J connectivity index is 1.71. The van der Waals surface area contributed by atoms with Crippen LogP contribution in [0.3, 0.4) is 0 Å². The highest BCUT2D eigenvalue weighted by molar-refractivity contribution is 5.70. The number of hydrogen-bond donors (Lipinski definition) is 2. The molecule has 0 spiro atoms. The van der Waals surface area contributed by atoms with Crippen molar-refractivity contribution in [2.75, 3.05) is 11.9 Å². The average molecular weight is 259 g/mol. The molecular weight excluding hydrogens is 238 g/mol. The number of benzene rings is 1. The van der Waals surface area contributed by atoms with Crippen molar-refractivity contribution in [3.63, 3.8) is 0 Å². The summed E-state index contributed by atoms with van der Waals surface area (Å²) in [6.45, 7) is 1.08. The third kappa shape index (κ3) is 2.60. The first-order valence-electron chi connectivity index (χ1n) is 7.33. The molecule has 102 valence electrons. The summed E-state index contributed by atoms with van der Waals surface area (Å²) in [5.74, 6) is -0.175. The third-order valence-electron chi connectivity index (χ3n) is 4.62. The van der Waals surface area contributed by atoms with E-state index in [1.54, 1.807) is 0 Å². The number of aliphatic carboxylic acids is 1. The highest BCUT2D eigenvalue weighted by atomic mass is 16.4. The van der Waals surface area contributed by atoms with Gasteiger partial charge in [-0.15, -0.1) is 0 Å². The number of fused-ring (bicyclic) bond motifs is 1. The van der Waals surface area contributed by atoms with E-state index in [9.17, 15) is 4.79 Å². The number of aryl methyl sites for hydroxylation is 1. The summed E-state index contributed by atoms with van der Waals surface area (Å²) < 4.78 is 0. The normalized spacial score (nSPS) is 26.3. The third-order valence-corrected chi connectivity index (χ3v) is 4.62. The molecule has 1 aromatic carbocycles. The van der Waals surface area contributed by atoms with E-state index < -0.39 is 5.97 Å². The van der Waals surface area contributed by atoms with Crippen molar-refractivity contribution in [3.05, 3.63) is 29.3 Å². The lowest BCUT2D eigenvalue weighted by atomic mass is 9.78. The molecule has 1 aliphatic carbocycles. The molecule has 3 nitrogen and oxygen atoms in total. The summed E-state index contributed by atoms with van der Waals surface area (Å²) in [5.41, 5.74) is 4.13. The Morgan fingerprint density at radius 1 is 1.21 bits per heavy atom. The van der Waals surface area contributed by atoms with E-state index in [1.165, 1.54) is 29.7 Å². The minimum atomic E-state index is -0.618. The molecular formula is C16H21NO2. The maximum atomic E-state index is 11.0. The van der Waals surface area contributed by atoms with Crippen molar-refractivity contribution < 1.29 is 9.90 Å². The Hall–Kier alpha value is -1.51. The average Bonchev–Trinajstić information content (AvgIpc) is 2.47. The van der Waals surface area contributed by atoms with Crippen LogP contribution in [-0.2, 0) is 11.2 Å². The zero-order valence-corrected chi connectivity index (χ0v) is 11.2. The van der Waals surface area contributed by atoms with Crippen molar-refractivity contribution in [2.45, 2.75) is 44.4 Å². The molecule has 3 rings (SSSR count). The monoisotopic (exact) mass is 259 g/mol. The second-order valence-electron chi connectivity index (χ2n) is 5.83. The second kappa shape index (κ2) is 5.24. The quantitative estimate of drug-likeness (QED) is 0.855. The maximum absolute atomic E-state index is 11.0. The van der Waals surface area contributed by atoms with Gasteiger partial charge in [0.25, 0.3) is 0 Å². The van der Waals surface area contributed by atoms with Crippen LogP contribution in [0, 0.1) is 5.92 Å². The summed E-state index contributed by atoms with van der Waals surface area (Å²) in [6.07, 6.45) is 6.07. The van der Waals surface area contributed by atoms with Crippen LogP contribution in [0.5, 0.6) is 0 Å². The van der Waals surface area contributed by atoms with Crippen molar-refractivity contribution in [1.29, 1.82) is 0 Å². The number of nitrogens with one attached hydrogen (secondary N) is 1. The van der Waals surface area contributed by atoms with Crippen LogP contribution >= 0.6 is 0 Å². The highest BCUT2D eigenvalue weighted by Crippen LogP contribution is 2.37. The van der Waals surface area contributed by atoms with Gasteiger partial charge in [0.1, 0.15) is 0 Å². The summed E-state index contributed by atoms with van der Waals surface area (Å²) in [4.78, 5) is 11.0. The van der Waals surface area contributed by atoms with Crippen LogP contribution in [-0.4, -0.2) is 17.6 Å². The van der Waals surface area contributed by atoms with E-state index in [4.69, 9.17) is 5.11 Å². The van der Waals surface area contributed by atoms with E-state index in [1.807, 2.05) is 0 Å². The molecule has 1 heterocycles. The van der Waals surface area contributed by atoms with Crippen molar-refractivity contribution >= 4 is 11.7 Å². The molecule has 0 saturated heterocycles. The lowest BCUT2D eigenvalue weighted by molar-refractivity contribution is -0.142. The van der Waals surface area contributed by atoms with Gasteiger partial charge in [-0.3, -0.25) is 4.79 Å². The van der Waals surface area contributed by atoms with Gasteiger partial charge in [-0.05, 0) is 61.6 Å². The van der Waals surface area contributed by atoms with E-state index >= 15 is 0 Å². The van der Waals surface area contributed by atoms with Gasteiger partial charge in [-0.1, -0.05) is 12.1 Å². The fourth-order valence-corrected chi connectivity index (χ4v) is 3.42.